The van der Waals surface area contributed by atoms with Crippen LogP contribution in [0.5, 0.6) is 11.5 Å². The van der Waals surface area contributed by atoms with Gasteiger partial charge in [-0.05, 0) is 74.4 Å². The number of hydrogen-bond acceptors (Lipinski definition) is 4. The van der Waals surface area contributed by atoms with Crippen LogP contribution in [0.3, 0.4) is 0 Å². The molecule has 4 rings (SSSR count). The molecule has 2 aliphatic carbocycles. The van der Waals surface area contributed by atoms with E-state index in [4.69, 9.17) is 9.47 Å². The van der Waals surface area contributed by atoms with Gasteiger partial charge in [-0.15, -0.1) is 0 Å². The topological polar surface area (TPSA) is 50.8 Å². The summed E-state index contributed by atoms with van der Waals surface area (Å²) in [5.74, 6) is 2.46. The van der Waals surface area contributed by atoms with Crippen molar-refractivity contribution in [2.75, 3.05) is 33.9 Å². The van der Waals surface area contributed by atoms with E-state index in [-0.39, 0.29) is 17.4 Å². The second kappa shape index (κ2) is 8.55. The average molecular weight is 401 g/mol. The molecule has 5 heteroatoms. The van der Waals surface area contributed by atoms with Crippen molar-refractivity contribution in [2.45, 2.75) is 69.7 Å². The van der Waals surface area contributed by atoms with Gasteiger partial charge in [0, 0.05) is 18.9 Å². The molecule has 1 aromatic carbocycles. The third-order valence-corrected chi connectivity index (χ3v) is 7.53. The molecule has 0 bridgehead atoms. The molecule has 2 fully saturated rings. The standard InChI is InChI=1S/C24H36N2O3/c1-17(27)25-21-15-24(20-14-23(29-3)22(28-2)13-19(20)21)9-11-26(12-10-24)16-18-7-5-4-6-8-18/h13-14,18,21H,4-12,15-16H2,1-3H3,(H,25,27)/t21-/m0/s1. The first kappa shape index (κ1) is 20.5. The van der Waals surface area contributed by atoms with E-state index in [1.54, 1.807) is 21.1 Å². The molecule has 1 atom stereocenters. The van der Waals surface area contributed by atoms with Crippen molar-refractivity contribution in [2.24, 2.45) is 5.92 Å². The summed E-state index contributed by atoms with van der Waals surface area (Å²) in [6, 6.07) is 4.32. The molecular weight excluding hydrogens is 364 g/mol. The number of rotatable bonds is 5. The fourth-order valence-electron chi connectivity index (χ4n) is 6.00. The summed E-state index contributed by atoms with van der Waals surface area (Å²) in [5.41, 5.74) is 2.69. The maximum atomic E-state index is 11.9. The molecule has 0 aromatic heterocycles. The summed E-state index contributed by atoms with van der Waals surface area (Å²) < 4.78 is 11.2. The number of nitrogens with zero attached hydrogens (tertiary/aromatic N) is 1. The van der Waals surface area contributed by atoms with Crippen molar-refractivity contribution in [1.29, 1.82) is 0 Å². The lowest BCUT2D eigenvalue weighted by Gasteiger charge is -2.42. The van der Waals surface area contributed by atoms with E-state index in [9.17, 15) is 4.79 Å². The van der Waals surface area contributed by atoms with E-state index in [0.29, 0.717) is 0 Å². The van der Waals surface area contributed by atoms with E-state index >= 15 is 0 Å². The second-order valence-electron chi connectivity index (χ2n) is 9.34. The lowest BCUT2D eigenvalue weighted by Crippen LogP contribution is -2.44. The maximum Gasteiger partial charge on any atom is 0.217 e. The molecule has 0 radical (unpaired) electrons. The van der Waals surface area contributed by atoms with Crippen molar-refractivity contribution in [3.05, 3.63) is 23.3 Å². The number of benzene rings is 1. The van der Waals surface area contributed by atoms with Crippen LogP contribution >= 0.6 is 0 Å². The first-order chi connectivity index (χ1) is 14.0. The Morgan fingerprint density at radius 2 is 1.76 bits per heavy atom. The molecule has 3 aliphatic rings. The van der Waals surface area contributed by atoms with Crippen LogP contribution in [-0.4, -0.2) is 44.7 Å². The van der Waals surface area contributed by atoms with Crippen molar-refractivity contribution >= 4 is 5.91 Å². The minimum Gasteiger partial charge on any atom is -0.493 e. The Kier molecular flexibility index (Phi) is 6.05. The number of carbonyl (C=O) groups is 1. The number of nitrogens with one attached hydrogen (secondary N) is 1. The van der Waals surface area contributed by atoms with Crippen LogP contribution in [0, 0.1) is 5.92 Å². The van der Waals surface area contributed by atoms with Gasteiger partial charge in [0.25, 0.3) is 0 Å². The van der Waals surface area contributed by atoms with Crippen LogP contribution in [0.15, 0.2) is 12.1 Å². The zero-order chi connectivity index (χ0) is 20.4. The van der Waals surface area contributed by atoms with Gasteiger partial charge in [-0.2, -0.15) is 0 Å². The normalized spacial score (nSPS) is 24.3. The number of likely N-dealkylation sites (tertiary alicyclic amines) is 1. The van der Waals surface area contributed by atoms with Gasteiger partial charge in [0.1, 0.15) is 0 Å². The maximum absolute atomic E-state index is 11.9. The number of hydrogen-bond donors (Lipinski definition) is 1. The zero-order valence-electron chi connectivity index (χ0n) is 18.3. The Morgan fingerprint density at radius 1 is 1.10 bits per heavy atom. The van der Waals surface area contributed by atoms with E-state index in [2.05, 4.69) is 22.3 Å². The van der Waals surface area contributed by atoms with Crippen LogP contribution in [0.25, 0.3) is 0 Å². The first-order valence-electron chi connectivity index (χ1n) is 11.3. The van der Waals surface area contributed by atoms with Crippen LogP contribution in [0.1, 0.15) is 75.5 Å². The molecule has 1 spiro atoms. The highest BCUT2D eigenvalue weighted by molar-refractivity contribution is 5.74. The largest absolute Gasteiger partial charge is 0.493 e. The van der Waals surface area contributed by atoms with Gasteiger partial charge in [0.2, 0.25) is 5.91 Å². The van der Waals surface area contributed by atoms with E-state index < -0.39 is 0 Å². The molecule has 160 valence electrons. The van der Waals surface area contributed by atoms with Gasteiger partial charge in [-0.1, -0.05) is 19.3 Å². The smallest absolute Gasteiger partial charge is 0.217 e. The highest BCUT2D eigenvalue weighted by atomic mass is 16.5. The van der Waals surface area contributed by atoms with Crippen LogP contribution < -0.4 is 14.8 Å². The summed E-state index contributed by atoms with van der Waals surface area (Å²) in [5, 5.41) is 3.19. The molecule has 0 unspecified atom stereocenters. The minimum atomic E-state index is 0.0301. The Bertz CT molecular complexity index is 734. The second-order valence-corrected chi connectivity index (χ2v) is 9.34. The van der Waals surface area contributed by atoms with Crippen molar-refractivity contribution in [1.82, 2.24) is 10.2 Å². The van der Waals surface area contributed by atoms with E-state index in [1.165, 1.54) is 49.8 Å². The van der Waals surface area contributed by atoms with Crippen molar-refractivity contribution < 1.29 is 14.3 Å². The molecule has 1 amide bonds. The molecular formula is C24H36N2O3. The van der Waals surface area contributed by atoms with E-state index in [0.717, 1.165) is 49.8 Å². The molecule has 1 heterocycles. The Hall–Kier alpha value is -1.75. The summed E-state index contributed by atoms with van der Waals surface area (Å²) in [6.45, 7) is 5.18. The van der Waals surface area contributed by atoms with Gasteiger partial charge in [0.15, 0.2) is 11.5 Å². The predicted molar refractivity (Wildman–Crippen MR) is 115 cm³/mol. The fourth-order valence-corrected chi connectivity index (χ4v) is 6.00. The van der Waals surface area contributed by atoms with Gasteiger partial charge < -0.3 is 19.7 Å². The SMILES string of the molecule is COc1cc2c(cc1OC)C1(CCN(CC3CCCCC3)CC1)C[C@@H]2NC(C)=O. The summed E-state index contributed by atoms with van der Waals surface area (Å²) in [6.07, 6.45) is 10.3. The third-order valence-electron chi connectivity index (χ3n) is 7.53. The van der Waals surface area contributed by atoms with Crippen LogP contribution in [0.2, 0.25) is 0 Å². The summed E-state index contributed by atoms with van der Waals surface area (Å²) >= 11 is 0. The number of piperidine rings is 1. The van der Waals surface area contributed by atoms with Gasteiger partial charge >= 0.3 is 0 Å². The lowest BCUT2D eigenvalue weighted by atomic mass is 9.73. The van der Waals surface area contributed by atoms with Crippen molar-refractivity contribution in [3.8, 4) is 11.5 Å². The summed E-state index contributed by atoms with van der Waals surface area (Å²) in [7, 11) is 3.37. The number of ether oxygens (including phenoxy) is 2. The van der Waals surface area contributed by atoms with Gasteiger partial charge in [-0.3, -0.25) is 4.79 Å². The molecule has 1 aliphatic heterocycles. The summed E-state index contributed by atoms with van der Waals surface area (Å²) in [4.78, 5) is 14.5. The monoisotopic (exact) mass is 400 g/mol. The molecule has 5 nitrogen and oxygen atoms in total. The number of methoxy groups -OCH3 is 2. The Labute approximate surface area is 175 Å². The minimum absolute atomic E-state index is 0.0301. The lowest BCUT2D eigenvalue weighted by molar-refractivity contribution is -0.119. The number of amides is 1. The van der Waals surface area contributed by atoms with Gasteiger partial charge in [0.05, 0.1) is 20.3 Å². The third kappa shape index (κ3) is 4.11. The number of fused-ring (bicyclic) bond motifs is 2. The predicted octanol–water partition coefficient (Wildman–Crippen LogP) is 4.20. The highest BCUT2D eigenvalue weighted by Gasteiger charge is 2.46. The van der Waals surface area contributed by atoms with Gasteiger partial charge in [-0.25, -0.2) is 0 Å². The van der Waals surface area contributed by atoms with Crippen LogP contribution in [0.4, 0.5) is 0 Å². The van der Waals surface area contributed by atoms with Crippen LogP contribution in [-0.2, 0) is 10.2 Å². The zero-order valence-corrected chi connectivity index (χ0v) is 18.3. The molecule has 1 saturated carbocycles. The first-order valence-corrected chi connectivity index (χ1v) is 11.3. The van der Waals surface area contributed by atoms with E-state index in [1.807, 2.05) is 0 Å². The average Bonchev–Trinajstić information content (AvgIpc) is 3.01. The Morgan fingerprint density at radius 3 is 2.38 bits per heavy atom. The quantitative estimate of drug-likeness (QED) is 0.805. The molecule has 1 aromatic rings. The molecule has 1 saturated heterocycles. The highest BCUT2D eigenvalue weighted by Crippen LogP contribution is 2.53. The Balaban J connectivity index is 1.54. The van der Waals surface area contributed by atoms with Crippen molar-refractivity contribution in [3.63, 3.8) is 0 Å². The number of carbonyl (C=O) groups excluding carboxylic acids is 1. The molecule has 29 heavy (non-hydrogen) atoms. The fraction of sp³-hybridized carbons (Fsp3) is 0.708. The molecule has 1 N–H and O–H groups in total.